The number of ether oxygens (including phenoxy) is 2. The molecule has 0 unspecified atom stereocenters. The van der Waals surface area contributed by atoms with Gasteiger partial charge in [-0.15, -0.1) is 0 Å². The minimum Gasteiger partial charge on any atom is -0.476 e. The van der Waals surface area contributed by atoms with Gasteiger partial charge in [0, 0.05) is 24.4 Å². The van der Waals surface area contributed by atoms with Gasteiger partial charge in [0.1, 0.15) is 6.61 Å². The summed E-state index contributed by atoms with van der Waals surface area (Å²) in [5.74, 6) is 0.125. The third-order valence-corrected chi connectivity index (χ3v) is 6.13. The quantitative estimate of drug-likeness (QED) is 0.179. The Kier molecular flexibility index (Phi) is 8.45. The largest absolute Gasteiger partial charge is 0.476 e. The van der Waals surface area contributed by atoms with Crippen LogP contribution < -0.4 is 10.5 Å². The van der Waals surface area contributed by atoms with Crippen molar-refractivity contribution < 1.29 is 14.3 Å². The molecule has 40 heavy (non-hydrogen) atoms. The second-order valence-electron chi connectivity index (χ2n) is 9.27. The standard InChI is InChI=1S/C30H29N7O3/c1-20-11-13-32-23(16-20)24-17-21(12-14-33-24)19-40-26(38)10-6-3-7-15-39-29-27-28(36-30(31)37-29)34-18-25(35-27)22-8-4-2-5-9-22/h2,4-5,8-9,11-14,16-18H,3,6-7,10,15,19H2,1H3,(H2,31,34,36,37). The van der Waals surface area contributed by atoms with Gasteiger partial charge in [-0.3, -0.25) is 14.8 Å². The molecule has 4 heterocycles. The smallest absolute Gasteiger partial charge is 0.306 e. The van der Waals surface area contributed by atoms with E-state index in [1.165, 1.54) is 0 Å². The van der Waals surface area contributed by atoms with Crippen molar-refractivity contribution in [1.82, 2.24) is 29.9 Å². The van der Waals surface area contributed by atoms with E-state index < -0.39 is 0 Å². The lowest BCUT2D eigenvalue weighted by molar-refractivity contribution is -0.145. The SMILES string of the molecule is Cc1ccnc(-c2cc(COC(=O)CCCCCOc3nc(N)nc4ncc(-c5ccccc5)nc34)ccn2)c1. The highest BCUT2D eigenvalue weighted by atomic mass is 16.5. The predicted octanol–water partition coefficient (Wildman–Crippen LogP) is 5.12. The number of anilines is 1. The van der Waals surface area contributed by atoms with E-state index in [2.05, 4.69) is 29.9 Å². The van der Waals surface area contributed by atoms with Crippen LogP contribution in [0, 0.1) is 6.92 Å². The normalized spacial score (nSPS) is 10.9. The van der Waals surface area contributed by atoms with Crippen molar-refractivity contribution in [2.24, 2.45) is 0 Å². The fourth-order valence-electron chi connectivity index (χ4n) is 4.08. The van der Waals surface area contributed by atoms with E-state index in [1.807, 2.05) is 61.5 Å². The summed E-state index contributed by atoms with van der Waals surface area (Å²) in [6, 6.07) is 17.4. The van der Waals surface area contributed by atoms with E-state index in [4.69, 9.17) is 15.2 Å². The van der Waals surface area contributed by atoms with Crippen molar-refractivity contribution in [3.8, 4) is 28.5 Å². The molecule has 10 nitrogen and oxygen atoms in total. The Hall–Kier alpha value is -4.99. The lowest BCUT2D eigenvalue weighted by Crippen LogP contribution is -2.07. The third kappa shape index (κ3) is 6.90. The van der Waals surface area contributed by atoms with E-state index >= 15 is 0 Å². The monoisotopic (exact) mass is 535 g/mol. The van der Waals surface area contributed by atoms with Crippen LogP contribution in [-0.2, 0) is 16.1 Å². The first-order valence-electron chi connectivity index (χ1n) is 13.1. The maximum Gasteiger partial charge on any atom is 0.306 e. The molecule has 0 bridgehead atoms. The van der Waals surface area contributed by atoms with Gasteiger partial charge >= 0.3 is 5.97 Å². The van der Waals surface area contributed by atoms with E-state index in [1.54, 1.807) is 18.6 Å². The van der Waals surface area contributed by atoms with Gasteiger partial charge in [-0.05, 0) is 61.6 Å². The topological polar surface area (TPSA) is 139 Å². The van der Waals surface area contributed by atoms with Crippen LogP contribution in [0.15, 0.2) is 73.2 Å². The minimum absolute atomic E-state index is 0.0727. The number of rotatable bonds is 11. The molecule has 5 rings (SSSR count). The number of hydrogen-bond acceptors (Lipinski definition) is 10. The van der Waals surface area contributed by atoms with Crippen LogP contribution in [0.1, 0.15) is 36.8 Å². The van der Waals surface area contributed by atoms with Crippen LogP contribution in [0.2, 0.25) is 0 Å². The summed E-state index contributed by atoms with van der Waals surface area (Å²) in [5, 5.41) is 0. The van der Waals surface area contributed by atoms with Crippen molar-refractivity contribution in [1.29, 1.82) is 0 Å². The van der Waals surface area contributed by atoms with Crippen molar-refractivity contribution in [2.75, 3.05) is 12.3 Å². The van der Waals surface area contributed by atoms with Crippen molar-refractivity contribution >= 4 is 23.1 Å². The third-order valence-electron chi connectivity index (χ3n) is 6.13. The number of unbranched alkanes of at least 4 members (excludes halogenated alkanes) is 2. The van der Waals surface area contributed by atoms with Gasteiger partial charge in [0.15, 0.2) is 11.2 Å². The first-order chi connectivity index (χ1) is 19.5. The lowest BCUT2D eigenvalue weighted by Gasteiger charge is -2.09. The number of nitrogens with two attached hydrogens (primary N) is 1. The highest BCUT2D eigenvalue weighted by molar-refractivity contribution is 5.79. The molecule has 0 aliphatic rings. The summed E-state index contributed by atoms with van der Waals surface area (Å²) in [7, 11) is 0. The molecular formula is C30H29N7O3. The predicted molar refractivity (Wildman–Crippen MR) is 151 cm³/mol. The Morgan fingerprint density at radius 1 is 0.850 bits per heavy atom. The molecular weight excluding hydrogens is 506 g/mol. The maximum absolute atomic E-state index is 12.3. The molecule has 0 atom stereocenters. The van der Waals surface area contributed by atoms with Crippen molar-refractivity contribution in [3.05, 3.63) is 84.3 Å². The van der Waals surface area contributed by atoms with Gasteiger partial charge in [0.25, 0.3) is 0 Å². The Labute approximate surface area is 231 Å². The number of aromatic nitrogens is 6. The molecule has 5 aromatic rings. The summed E-state index contributed by atoms with van der Waals surface area (Å²) in [4.78, 5) is 38.5. The molecule has 0 spiro atoms. The number of nitrogen functional groups attached to an aromatic ring is 1. The Balaban J connectivity index is 1.07. The van der Waals surface area contributed by atoms with E-state index in [0.29, 0.717) is 42.2 Å². The fraction of sp³-hybridized carbons (Fsp3) is 0.233. The summed E-state index contributed by atoms with van der Waals surface area (Å²) in [5.41, 5.74) is 11.8. The second kappa shape index (κ2) is 12.7. The summed E-state index contributed by atoms with van der Waals surface area (Å²) < 4.78 is 11.4. The molecule has 1 aromatic carbocycles. The lowest BCUT2D eigenvalue weighted by atomic mass is 10.1. The number of esters is 1. The number of aryl methyl sites for hydroxylation is 1. The first kappa shape index (κ1) is 26.6. The zero-order valence-corrected chi connectivity index (χ0v) is 22.2. The molecule has 10 heteroatoms. The molecule has 0 fully saturated rings. The van der Waals surface area contributed by atoms with Crippen LogP contribution in [0.5, 0.6) is 5.88 Å². The molecule has 0 saturated carbocycles. The molecule has 4 aromatic heterocycles. The number of carbonyl (C=O) groups excluding carboxylic acids is 1. The van der Waals surface area contributed by atoms with Crippen LogP contribution in [0.4, 0.5) is 5.95 Å². The second-order valence-corrected chi connectivity index (χ2v) is 9.27. The van der Waals surface area contributed by atoms with E-state index in [-0.39, 0.29) is 18.5 Å². The average molecular weight is 536 g/mol. The van der Waals surface area contributed by atoms with Gasteiger partial charge < -0.3 is 15.2 Å². The Bertz CT molecular complexity index is 1610. The summed E-state index contributed by atoms with van der Waals surface area (Å²) >= 11 is 0. The van der Waals surface area contributed by atoms with Gasteiger partial charge in [0.2, 0.25) is 11.8 Å². The van der Waals surface area contributed by atoms with Gasteiger partial charge in [-0.1, -0.05) is 30.3 Å². The van der Waals surface area contributed by atoms with Crippen LogP contribution in [-0.4, -0.2) is 42.5 Å². The van der Waals surface area contributed by atoms with Crippen LogP contribution >= 0.6 is 0 Å². The van der Waals surface area contributed by atoms with E-state index in [0.717, 1.165) is 40.9 Å². The number of hydrogen-bond donors (Lipinski definition) is 1. The fourth-order valence-corrected chi connectivity index (χ4v) is 4.08. The molecule has 0 aliphatic heterocycles. The molecule has 0 aliphatic carbocycles. The average Bonchev–Trinajstić information content (AvgIpc) is 2.98. The number of benzene rings is 1. The van der Waals surface area contributed by atoms with Gasteiger partial charge in [0.05, 0.1) is 29.9 Å². The van der Waals surface area contributed by atoms with E-state index in [9.17, 15) is 4.79 Å². The highest BCUT2D eigenvalue weighted by Gasteiger charge is 2.13. The number of fused-ring (bicyclic) bond motifs is 1. The van der Waals surface area contributed by atoms with Gasteiger partial charge in [-0.2, -0.15) is 9.97 Å². The molecule has 0 radical (unpaired) electrons. The minimum atomic E-state index is -0.244. The molecule has 2 N–H and O–H groups in total. The number of nitrogens with zero attached hydrogens (tertiary/aromatic N) is 6. The number of pyridine rings is 2. The highest BCUT2D eigenvalue weighted by Crippen LogP contribution is 2.24. The number of carbonyl (C=O) groups is 1. The molecule has 202 valence electrons. The Morgan fingerprint density at radius 2 is 1.65 bits per heavy atom. The summed E-state index contributed by atoms with van der Waals surface area (Å²) in [6.07, 6.45) is 7.63. The van der Waals surface area contributed by atoms with Crippen LogP contribution in [0.3, 0.4) is 0 Å². The van der Waals surface area contributed by atoms with Gasteiger partial charge in [-0.25, -0.2) is 9.97 Å². The van der Waals surface area contributed by atoms with Crippen molar-refractivity contribution in [2.45, 2.75) is 39.2 Å². The molecule has 0 amide bonds. The zero-order valence-electron chi connectivity index (χ0n) is 22.2. The van der Waals surface area contributed by atoms with Crippen molar-refractivity contribution in [3.63, 3.8) is 0 Å². The summed E-state index contributed by atoms with van der Waals surface area (Å²) in [6.45, 7) is 2.59. The zero-order chi connectivity index (χ0) is 27.7. The Morgan fingerprint density at radius 3 is 2.48 bits per heavy atom. The van der Waals surface area contributed by atoms with Crippen LogP contribution in [0.25, 0.3) is 33.8 Å². The molecule has 0 saturated heterocycles. The first-order valence-corrected chi connectivity index (χ1v) is 13.1. The maximum atomic E-state index is 12.3.